The molecule has 0 saturated heterocycles. The van der Waals surface area contributed by atoms with Crippen LogP contribution in [0, 0.1) is 0 Å². The molecule has 1 N–H and O–H groups in total. The summed E-state index contributed by atoms with van der Waals surface area (Å²) in [6, 6.07) is 7.32. The molecule has 1 aromatic carbocycles. The van der Waals surface area contributed by atoms with Gasteiger partial charge in [-0.2, -0.15) is 0 Å². The van der Waals surface area contributed by atoms with Crippen LogP contribution in [-0.2, 0) is 10.0 Å². The van der Waals surface area contributed by atoms with Gasteiger partial charge < -0.3 is 0 Å². The van der Waals surface area contributed by atoms with Crippen molar-refractivity contribution in [2.45, 2.75) is 4.90 Å². The van der Waals surface area contributed by atoms with Gasteiger partial charge in [-0.1, -0.05) is 39.1 Å². The van der Waals surface area contributed by atoms with Crippen LogP contribution in [0.3, 0.4) is 0 Å². The van der Waals surface area contributed by atoms with Crippen molar-refractivity contribution in [3.63, 3.8) is 0 Å². The lowest BCUT2D eigenvalue weighted by molar-refractivity contribution is 0.601. The molecule has 2 rings (SSSR count). The fraction of sp³-hybridized carbons (Fsp3) is 0. The number of hydrogen-bond acceptors (Lipinski definition) is 3. The zero-order valence-corrected chi connectivity index (χ0v) is 13.2. The Labute approximate surface area is 128 Å². The van der Waals surface area contributed by atoms with Crippen molar-refractivity contribution in [1.29, 1.82) is 0 Å². The lowest BCUT2D eigenvalue weighted by Crippen LogP contribution is -2.13. The summed E-state index contributed by atoms with van der Waals surface area (Å²) in [4.78, 5) is 3.89. The number of nitrogens with zero attached hydrogens (tertiary/aromatic N) is 1. The van der Waals surface area contributed by atoms with Gasteiger partial charge in [0.1, 0.15) is 5.82 Å². The topological polar surface area (TPSA) is 59.1 Å². The summed E-state index contributed by atoms with van der Waals surface area (Å²) < 4.78 is 27.3. The summed E-state index contributed by atoms with van der Waals surface area (Å²) in [5.41, 5.74) is 0. The lowest BCUT2D eigenvalue weighted by Gasteiger charge is -2.08. The third-order valence-corrected chi connectivity index (χ3v) is 4.37. The van der Waals surface area contributed by atoms with E-state index in [4.69, 9.17) is 23.2 Å². The molecule has 2 aromatic rings. The van der Waals surface area contributed by atoms with Gasteiger partial charge in [-0.15, -0.1) is 0 Å². The molecule has 19 heavy (non-hydrogen) atoms. The van der Waals surface area contributed by atoms with Gasteiger partial charge in [0, 0.05) is 20.7 Å². The number of rotatable bonds is 3. The number of pyridine rings is 1. The molecule has 0 aliphatic carbocycles. The minimum atomic E-state index is -3.78. The van der Waals surface area contributed by atoms with Gasteiger partial charge in [0.05, 0.1) is 4.90 Å². The first-order valence-corrected chi connectivity index (χ1v) is 8.00. The monoisotopic (exact) mass is 380 g/mol. The normalized spacial score (nSPS) is 11.3. The highest BCUT2D eigenvalue weighted by Gasteiger charge is 2.16. The minimum absolute atomic E-state index is 0.0215. The molecule has 0 fully saturated rings. The van der Waals surface area contributed by atoms with Gasteiger partial charge >= 0.3 is 0 Å². The third kappa shape index (κ3) is 3.82. The Morgan fingerprint density at radius 3 is 2.32 bits per heavy atom. The third-order valence-electron chi connectivity index (χ3n) is 2.11. The molecular formula is C11H7BrCl2N2O2S. The molecule has 0 saturated carbocycles. The average molecular weight is 382 g/mol. The summed E-state index contributed by atoms with van der Waals surface area (Å²) in [5.74, 6) is 0.200. The zero-order valence-electron chi connectivity index (χ0n) is 9.27. The highest BCUT2D eigenvalue weighted by Crippen LogP contribution is 2.24. The van der Waals surface area contributed by atoms with E-state index in [1.807, 2.05) is 0 Å². The second kappa shape index (κ2) is 5.66. The van der Waals surface area contributed by atoms with Crippen LogP contribution in [0.5, 0.6) is 0 Å². The molecule has 0 atom stereocenters. The van der Waals surface area contributed by atoms with Gasteiger partial charge in [-0.25, -0.2) is 13.4 Å². The van der Waals surface area contributed by atoms with Gasteiger partial charge in [0.2, 0.25) is 0 Å². The maximum absolute atomic E-state index is 12.1. The molecule has 0 aliphatic rings. The van der Waals surface area contributed by atoms with Crippen molar-refractivity contribution in [3.8, 4) is 0 Å². The van der Waals surface area contributed by atoms with Crippen molar-refractivity contribution in [2.75, 3.05) is 4.72 Å². The molecule has 0 unspecified atom stereocenters. The quantitative estimate of drug-likeness (QED) is 0.875. The van der Waals surface area contributed by atoms with Crippen LogP contribution in [0.15, 0.2) is 45.9 Å². The molecule has 0 amide bonds. The Bertz CT molecular complexity index is 702. The van der Waals surface area contributed by atoms with Gasteiger partial charge in [-0.3, -0.25) is 4.72 Å². The van der Waals surface area contributed by atoms with Gasteiger partial charge in [0.15, 0.2) is 0 Å². The number of hydrogen-bond donors (Lipinski definition) is 1. The first-order valence-electron chi connectivity index (χ1n) is 4.97. The fourth-order valence-corrected chi connectivity index (χ4v) is 3.40. The average Bonchev–Trinajstić information content (AvgIpc) is 2.26. The Morgan fingerprint density at radius 1 is 1.11 bits per heavy atom. The SMILES string of the molecule is O=S(=O)(Nc1cc(Br)ccn1)c1cc(Cl)cc(Cl)c1. The zero-order chi connectivity index (χ0) is 14.0. The molecule has 8 heteroatoms. The van der Waals surface area contributed by atoms with Crippen LogP contribution in [0.2, 0.25) is 10.0 Å². The molecule has 0 aliphatic heterocycles. The van der Waals surface area contributed by atoms with E-state index in [1.54, 1.807) is 12.1 Å². The van der Waals surface area contributed by atoms with Gasteiger partial charge in [0.25, 0.3) is 10.0 Å². The Hall–Kier alpha value is -0.820. The van der Waals surface area contributed by atoms with Crippen LogP contribution in [0.1, 0.15) is 0 Å². The summed E-state index contributed by atoms with van der Waals surface area (Å²) >= 11 is 14.8. The van der Waals surface area contributed by atoms with E-state index < -0.39 is 10.0 Å². The molecule has 1 aromatic heterocycles. The van der Waals surface area contributed by atoms with Crippen LogP contribution < -0.4 is 4.72 Å². The van der Waals surface area contributed by atoms with E-state index in [1.165, 1.54) is 24.4 Å². The summed E-state index contributed by atoms with van der Waals surface area (Å²) in [6.45, 7) is 0. The van der Waals surface area contributed by atoms with Crippen molar-refractivity contribution >= 4 is 55.0 Å². The predicted molar refractivity (Wildman–Crippen MR) is 79.2 cm³/mol. The summed E-state index contributed by atoms with van der Waals surface area (Å²) in [5, 5.41) is 0.491. The molecule has 4 nitrogen and oxygen atoms in total. The number of sulfonamides is 1. The van der Waals surface area contributed by atoms with Crippen LogP contribution in [0.25, 0.3) is 0 Å². The number of aromatic nitrogens is 1. The fourth-order valence-electron chi connectivity index (χ4n) is 1.34. The first kappa shape index (κ1) is 14.6. The smallest absolute Gasteiger partial charge is 0.263 e. The van der Waals surface area contributed by atoms with E-state index in [0.717, 1.165) is 0 Å². The lowest BCUT2D eigenvalue weighted by atomic mass is 10.4. The van der Waals surface area contributed by atoms with E-state index in [9.17, 15) is 8.42 Å². The molecule has 0 spiro atoms. The predicted octanol–water partition coefficient (Wildman–Crippen LogP) is 3.95. The highest BCUT2D eigenvalue weighted by atomic mass is 79.9. The standard InChI is InChI=1S/C11H7BrCl2N2O2S/c12-7-1-2-15-11(3-7)16-19(17,18)10-5-8(13)4-9(14)6-10/h1-6H,(H,15,16). The Morgan fingerprint density at radius 2 is 1.74 bits per heavy atom. The largest absolute Gasteiger partial charge is 0.263 e. The number of benzene rings is 1. The molecule has 100 valence electrons. The highest BCUT2D eigenvalue weighted by molar-refractivity contribution is 9.10. The molecule has 0 radical (unpaired) electrons. The van der Waals surface area contributed by atoms with Crippen LogP contribution in [-0.4, -0.2) is 13.4 Å². The summed E-state index contributed by atoms with van der Waals surface area (Å²) in [6.07, 6.45) is 1.48. The van der Waals surface area contributed by atoms with Crippen LogP contribution in [0.4, 0.5) is 5.82 Å². The Balaban J connectivity index is 2.37. The number of nitrogens with one attached hydrogen (secondary N) is 1. The van der Waals surface area contributed by atoms with Crippen molar-refractivity contribution in [2.24, 2.45) is 0 Å². The summed E-state index contributed by atoms with van der Waals surface area (Å²) in [7, 11) is -3.78. The second-order valence-corrected chi connectivity index (χ2v) is 7.04. The maximum atomic E-state index is 12.1. The van der Waals surface area contributed by atoms with Gasteiger partial charge in [-0.05, 0) is 30.3 Å². The van der Waals surface area contributed by atoms with Crippen molar-refractivity contribution in [1.82, 2.24) is 4.98 Å². The van der Waals surface area contributed by atoms with E-state index in [-0.39, 0.29) is 20.8 Å². The molecular weight excluding hydrogens is 375 g/mol. The van der Waals surface area contributed by atoms with E-state index in [0.29, 0.717) is 4.47 Å². The maximum Gasteiger partial charge on any atom is 0.263 e. The number of anilines is 1. The molecule has 0 bridgehead atoms. The van der Waals surface area contributed by atoms with Crippen LogP contribution >= 0.6 is 39.1 Å². The van der Waals surface area contributed by atoms with Crippen molar-refractivity contribution < 1.29 is 8.42 Å². The Kier molecular flexibility index (Phi) is 4.35. The van der Waals surface area contributed by atoms with Crippen molar-refractivity contribution in [3.05, 3.63) is 51.0 Å². The van der Waals surface area contributed by atoms with E-state index in [2.05, 4.69) is 25.6 Å². The van der Waals surface area contributed by atoms with E-state index >= 15 is 0 Å². The number of halogens is 3. The first-order chi connectivity index (χ1) is 8.87. The minimum Gasteiger partial charge on any atom is -0.263 e. The second-order valence-electron chi connectivity index (χ2n) is 3.57. The molecule has 1 heterocycles.